The van der Waals surface area contributed by atoms with E-state index in [0.717, 1.165) is 12.0 Å². The Labute approximate surface area is 77.5 Å². The summed E-state index contributed by atoms with van der Waals surface area (Å²) in [6.07, 6.45) is 1.08. The van der Waals surface area contributed by atoms with Crippen molar-refractivity contribution in [1.82, 2.24) is 0 Å². The summed E-state index contributed by atoms with van der Waals surface area (Å²) in [5.41, 5.74) is 0.762. The molecule has 0 aromatic heterocycles. The van der Waals surface area contributed by atoms with E-state index in [1.54, 1.807) is 13.2 Å². The molecule has 0 spiro atoms. The zero-order chi connectivity index (χ0) is 9.42. The molecule has 2 heteroatoms. The molecule has 2 atom stereocenters. The molecule has 0 amide bonds. The molecule has 2 unspecified atom stereocenters. The molecule has 1 saturated carbocycles. The third-order valence-corrected chi connectivity index (χ3v) is 2.71. The monoisotopic (exact) mass is 180 g/mol. The van der Waals surface area contributed by atoms with E-state index in [1.165, 1.54) is 6.07 Å². The van der Waals surface area contributed by atoms with Crippen LogP contribution in [0.15, 0.2) is 18.2 Å². The normalized spacial score (nSPS) is 25.8. The van der Waals surface area contributed by atoms with Crippen LogP contribution in [0.5, 0.6) is 5.75 Å². The second kappa shape index (κ2) is 3.02. The standard InChI is InChI=1S/C11H13FO/c1-7-6-8(7)11-9(12)4-3-5-10(11)13-2/h3-5,7-8H,6H2,1-2H3. The Kier molecular flexibility index (Phi) is 1.98. The molecule has 0 bridgehead atoms. The van der Waals surface area contributed by atoms with Crippen LogP contribution in [0.2, 0.25) is 0 Å². The topological polar surface area (TPSA) is 9.23 Å². The summed E-state index contributed by atoms with van der Waals surface area (Å²) < 4.78 is 18.6. The summed E-state index contributed by atoms with van der Waals surface area (Å²) in [4.78, 5) is 0. The molecule has 1 fully saturated rings. The molecule has 1 aromatic rings. The van der Waals surface area contributed by atoms with Gasteiger partial charge in [0.05, 0.1) is 7.11 Å². The first-order valence-electron chi connectivity index (χ1n) is 4.56. The third-order valence-electron chi connectivity index (χ3n) is 2.71. The van der Waals surface area contributed by atoms with Crippen LogP contribution >= 0.6 is 0 Å². The van der Waals surface area contributed by atoms with Crippen molar-refractivity contribution in [2.75, 3.05) is 7.11 Å². The van der Waals surface area contributed by atoms with Crippen LogP contribution in [-0.2, 0) is 0 Å². The Morgan fingerprint density at radius 3 is 2.69 bits per heavy atom. The Balaban J connectivity index is 2.41. The first kappa shape index (κ1) is 8.54. The number of methoxy groups -OCH3 is 1. The average Bonchev–Trinajstić information content (AvgIpc) is 2.82. The van der Waals surface area contributed by atoms with Crippen LogP contribution in [-0.4, -0.2) is 7.11 Å². The predicted molar refractivity (Wildman–Crippen MR) is 49.5 cm³/mol. The summed E-state index contributed by atoms with van der Waals surface area (Å²) in [7, 11) is 1.59. The highest BCUT2D eigenvalue weighted by atomic mass is 19.1. The zero-order valence-corrected chi connectivity index (χ0v) is 7.88. The molecule has 1 aromatic carbocycles. The lowest BCUT2D eigenvalue weighted by atomic mass is 10.1. The lowest BCUT2D eigenvalue weighted by Gasteiger charge is -2.08. The van der Waals surface area contributed by atoms with Gasteiger partial charge in [0.1, 0.15) is 11.6 Å². The van der Waals surface area contributed by atoms with Crippen molar-refractivity contribution >= 4 is 0 Å². The van der Waals surface area contributed by atoms with Crippen molar-refractivity contribution in [2.24, 2.45) is 5.92 Å². The average molecular weight is 180 g/mol. The van der Waals surface area contributed by atoms with Gasteiger partial charge in [0.25, 0.3) is 0 Å². The summed E-state index contributed by atoms with van der Waals surface area (Å²) in [5, 5.41) is 0. The molecule has 1 aliphatic rings. The van der Waals surface area contributed by atoms with E-state index in [-0.39, 0.29) is 5.82 Å². The van der Waals surface area contributed by atoms with E-state index < -0.39 is 0 Å². The third kappa shape index (κ3) is 1.41. The van der Waals surface area contributed by atoms with Crippen molar-refractivity contribution in [1.29, 1.82) is 0 Å². The highest BCUT2D eigenvalue weighted by Crippen LogP contribution is 2.50. The minimum Gasteiger partial charge on any atom is -0.496 e. The fourth-order valence-corrected chi connectivity index (χ4v) is 1.78. The van der Waals surface area contributed by atoms with Gasteiger partial charge >= 0.3 is 0 Å². The SMILES string of the molecule is COc1cccc(F)c1C1CC1C. The van der Waals surface area contributed by atoms with E-state index in [4.69, 9.17) is 4.74 Å². The van der Waals surface area contributed by atoms with Gasteiger partial charge in [-0.3, -0.25) is 0 Å². The van der Waals surface area contributed by atoms with Gasteiger partial charge in [0, 0.05) is 5.56 Å². The molecule has 0 radical (unpaired) electrons. The highest BCUT2D eigenvalue weighted by molar-refractivity contribution is 5.40. The molecule has 0 N–H and O–H groups in total. The highest BCUT2D eigenvalue weighted by Gasteiger charge is 2.37. The first-order chi connectivity index (χ1) is 6.24. The van der Waals surface area contributed by atoms with Gasteiger partial charge in [-0.15, -0.1) is 0 Å². The Bertz CT molecular complexity index is 322. The summed E-state index contributed by atoms with van der Waals surface area (Å²) in [6.45, 7) is 2.14. The molecule has 13 heavy (non-hydrogen) atoms. The second-order valence-electron chi connectivity index (χ2n) is 3.68. The van der Waals surface area contributed by atoms with Gasteiger partial charge in [0.2, 0.25) is 0 Å². The van der Waals surface area contributed by atoms with E-state index in [1.807, 2.05) is 6.07 Å². The fraction of sp³-hybridized carbons (Fsp3) is 0.455. The molecule has 0 aliphatic heterocycles. The van der Waals surface area contributed by atoms with Crippen LogP contribution in [0.25, 0.3) is 0 Å². The van der Waals surface area contributed by atoms with E-state index >= 15 is 0 Å². The van der Waals surface area contributed by atoms with Crippen molar-refractivity contribution < 1.29 is 9.13 Å². The van der Waals surface area contributed by atoms with Crippen LogP contribution in [0, 0.1) is 11.7 Å². The molecule has 0 saturated heterocycles. The van der Waals surface area contributed by atoms with Crippen molar-refractivity contribution in [3.05, 3.63) is 29.6 Å². The van der Waals surface area contributed by atoms with Crippen molar-refractivity contribution in [3.63, 3.8) is 0 Å². The van der Waals surface area contributed by atoms with Gasteiger partial charge in [0.15, 0.2) is 0 Å². The number of hydrogen-bond acceptors (Lipinski definition) is 1. The molecule has 2 rings (SSSR count). The Hall–Kier alpha value is -1.05. The van der Waals surface area contributed by atoms with E-state index in [9.17, 15) is 4.39 Å². The minimum atomic E-state index is -0.131. The van der Waals surface area contributed by atoms with Crippen molar-refractivity contribution in [2.45, 2.75) is 19.3 Å². The summed E-state index contributed by atoms with van der Waals surface area (Å²) in [5.74, 6) is 1.53. The number of benzene rings is 1. The Morgan fingerprint density at radius 1 is 1.46 bits per heavy atom. The Morgan fingerprint density at radius 2 is 2.15 bits per heavy atom. The molecular formula is C11H13FO. The van der Waals surface area contributed by atoms with Gasteiger partial charge in [-0.25, -0.2) is 4.39 Å². The zero-order valence-electron chi connectivity index (χ0n) is 7.88. The van der Waals surface area contributed by atoms with Crippen LogP contribution in [0.1, 0.15) is 24.8 Å². The fourth-order valence-electron chi connectivity index (χ4n) is 1.78. The maximum atomic E-state index is 13.4. The summed E-state index contributed by atoms with van der Waals surface area (Å²) >= 11 is 0. The van der Waals surface area contributed by atoms with Crippen LogP contribution < -0.4 is 4.74 Å². The predicted octanol–water partition coefficient (Wildman–Crippen LogP) is 2.96. The molecule has 1 nitrogen and oxygen atoms in total. The minimum absolute atomic E-state index is 0.131. The molecule has 0 heterocycles. The molecular weight excluding hydrogens is 167 g/mol. The number of rotatable bonds is 2. The first-order valence-corrected chi connectivity index (χ1v) is 4.56. The van der Waals surface area contributed by atoms with Gasteiger partial charge in [-0.05, 0) is 30.4 Å². The van der Waals surface area contributed by atoms with E-state index in [0.29, 0.717) is 17.6 Å². The van der Waals surface area contributed by atoms with Gasteiger partial charge < -0.3 is 4.74 Å². The lowest BCUT2D eigenvalue weighted by Crippen LogP contribution is -1.94. The second-order valence-corrected chi connectivity index (χ2v) is 3.68. The number of ether oxygens (including phenoxy) is 1. The van der Waals surface area contributed by atoms with Crippen molar-refractivity contribution in [3.8, 4) is 5.75 Å². The number of halogens is 1. The molecule has 70 valence electrons. The van der Waals surface area contributed by atoms with E-state index in [2.05, 4.69) is 6.92 Å². The van der Waals surface area contributed by atoms with Crippen LogP contribution in [0.4, 0.5) is 4.39 Å². The summed E-state index contributed by atoms with van der Waals surface area (Å²) in [6, 6.07) is 5.01. The number of hydrogen-bond donors (Lipinski definition) is 0. The maximum Gasteiger partial charge on any atom is 0.130 e. The smallest absolute Gasteiger partial charge is 0.130 e. The largest absolute Gasteiger partial charge is 0.496 e. The van der Waals surface area contributed by atoms with Gasteiger partial charge in [-0.1, -0.05) is 13.0 Å². The lowest BCUT2D eigenvalue weighted by molar-refractivity contribution is 0.404. The quantitative estimate of drug-likeness (QED) is 0.679. The van der Waals surface area contributed by atoms with Gasteiger partial charge in [-0.2, -0.15) is 0 Å². The molecule has 1 aliphatic carbocycles. The maximum absolute atomic E-state index is 13.4. The van der Waals surface area contributed by atoms with Crippen LogP contribution in [0.3, 0.4) is 0 Å².